The zero-order valence-corrected chi connectivity index (χ0v) is 15.2. The van der Waals surface area contributed by atoms with E-state index in [1.165, 1.54) is 12.1 Å². The van der Waals surface area contributed by atoms with E-state index in [2.05, 4.69) is 10.3 Å². The predicted octanol–water partition coefficient (Wildman–Crippen LogP) is 4.10. The van der Waals surface area contributed by atoms with Crippen LogP contribution < -0.4 is 10.1 Å². The second-order valence-corrected chi connectivity index (χ2v) is 6.95. The Balaban J connectivity index is 1.75. The molecule has 2 aromatic carbocycles. The van der Waals surface area contributed by atoms with Gasteiger partial charge in [-0.25, -0.2) is 14.2 Å². The number of thiazole rings is 1. The van der Waals surface area contributed by atoms with Gasteiger partial charge in [-0.1, -0.05) is 0 Å². The minimum atomic E-state index is -4.50. The average molecular weight is 428 g/mol. The lowest BCUT2D eigenvalue weighted by Crippen LogP contribution is -2.16. The second kappa shape index (κ2) is 8.03. The van der Waals surface area contributed by atoms with E-state index in [9.17, 15) is 27.2 Å². The number of hydrogen-bond donors (Lipinski definition) is 2. The van der Waals surface area contributed by atoms with Crippen molar-refractivity contribution in [3.63, 3.8) is 0 Å². The Morgan fingerprint density at radius 1 is 1.17 bits per heavy atom. The van der Waals surface area contributed by atoms with Crippen LogP contribution in [-0.4, -0.2) is 28.6 Å². The summed E-state index contributed by atoms with van der Waals surface area (Å²) >= 11 is 1.07. The monoisotopic (exact) mass is 428 g/mol. The van der Waals surface area contributed by atoms with E-state index < -0.39 is 36.0 Å². The fourth-order valence-corrected chi connectivity index (χ4v) is 3.36. The number of carbonyl (C=O) groups is 2. The van der Waals surface area contributed by atoms with Crippen molar-refractivity contribution in [2.24, 2.45) is 0 Å². The summed E-state index contributed by atoms with van der Waals surface area (Å²) in [6.07, 6.45) is -4.74. The molecule has 0 radical (unpaired) electrons. The quantitative estimate of drug-likeness (QED) is 0.577. The first kappa shape index (κ1) is 20.5. The third-order valence-corrected chi connectivity index (χ3v) is 4.68. The van der Waals surface area contributed by atoms with Crippen LogP contribution in [0.3, 0.4) is 0 Å². The molecule has 0 bridgehead atoms. The molecule has 29 heavy (non-hydrogen) atoms. The van der Waals surface area contributed by atoms with E-state index >= 15 is 0 Å². The van der Waals surface area contributed by atoms with E-state index in [4.69, 9.17) is 9.84 Å². The Kier molecular flexibility index (Phi) is 5.69. The maximum atomic E-state index is 13.4. The van der Waals surface area contributed by atoms with E-state index in [1.807, 2.05) is 0 Å². The zero-order valence-electron chi connectivity index (χ0n) is 14.4. The number of aliphatic carboxylic acids is 1. The highest BCUT2D eigenvalue weighted by atomic mass is 32.1. The van der Waals surface area contributed by atoms with Gasteiger partial charge in [-0.05, 0) is 30.3 Å². The number of benzene rings is 2. The van der Waals surface area contributed by atoms with E-state index in [-0.39, 0.29) is 28.4 Å². The summed E-state index contributed by atoms with van der Waals surface area (Å²) in [7, 11) is 0. The van der Waals surface area contributed by atoms with Crippen molar-refractivity contribution in [3.8, 4) is 5.75 Å². The predicted molar refractivity (Wildman–Crippen MR) is 96.5 cm³/mol. The molecule has 0 atom stereocenters. The van der Waals surface area contributed by atoms with Crippen LogP contribution in [0.4, 0.5) is 23.2 Å². The van der Waals surface area contributed by atoms with Gasteiger partial charge in [-0.2, -0.15) is 13.2 Å². The summed E-state index contributed by atoms with van der Waals surface area (Å²) in [6, 6.07) is 6.32. The van der Waals surface area contributed by atoms with Crippen LogP contribution in [-0.2, 0) is 22.2 Å². The van der Waals surface area contributed by atoms with Gasteiger partial charge >= 0.3 is 12.1 Å². The topological polar surface area (TPSA) is 88.5 Å². The number of carboxylic acid groups (broad SMARTS) is 1. The van der Waals surface area contributed by atoms with E-state index in [0.29, 0.717) is 4.70 Å². The van der Waals surface area contributed by atoms with E-state index in [0.717, 1.165) is 35.6 Å². The molecule has 152 valence electrons. The van der Waals surface area contributed by atoms with Crippen LogP contribution in [0, 0.1) is 5.82 Å². The molecular formula is C18H12F4N2O4S. The molecule has 0 saturated carbocycles. The van der Waals surface area contributed by atoms with Crippen LogP contribution in [0.1, 0.15) is 10.6 Å². The number of halogens is 4. The number of rotatable bonds is 6. The minimum absolute atomic E-state index is 0.0538. The number of fused-ring (bicyclic) bond motifs is 1. The number of aromatic nitrogens is 1. The maximum Gasteiger partial charge on any atom is 0.416 e. The lowest BCUT2D eigenvalue weighted by molar-refractivity contribution is -0.139. The summed E-state index contributed by atoms with van der Waals surface area (Å²) < 4.78 is 57.2. The summed E-state index contributed by atoms with van der Waals surface area (Å²) in [5.74, 6) is -2.71. The molecule has 1 aromatic heterocycles. The second-order valence-electron chi connectivity index (χ2n) is 5.84. The maximum absolute atomic E-state index is 13.4. The van der Waals surface area contributed by atoms with Gasteiger partial charge in [0.05, 0.1) is 27.9 Å². The van der Waals surface area contributed by atoms with E-state index in [1.54, 1.807) is 0 Å². The van der Waals surface area contributed by atoms with Crippen molar-refractivity contribution in [2.45, 2.75) is 12.6 Å². The highest BCUT2D eigenvalue weighted by Gasteiger charge is 2.30. The van der Waals surface area contributed by atoms with Crippen molar-refractivity contribution >= 4 is 39.1 Å². The van der Waals surface area contributed by atoms with Gasteiger partial charge in [-0.3, -0.25) is 4.79 Å². The van der Waals surface area contributed by atoms with Crippen LogP contribution in [0.5, 0.6) is 5.75 Å². The Labute approximate surface area is 164 Å². The first-order chi connectivity index (χ1) is 13.6. The van der Waals surface area contributed by atoms with Crippen molar-refractivity contribution in [1.29, 1.82) is 0 Å². The Morgan fingerprint density at radius 3 is 2.62 bits per heavy atom. The molecule has 0 saturated heterocycles. The number of nitrogens with zero attached hydrogens (tertiary/aromatic N) is 1. The molecule has 0 spiro atoms. The van der Waals surface area contributed by atoms with Gasteiger partial charge in [0.25, 0.3) is 0 Å². The third-order valence-electron chi connectivity index (χ3n) is 3.64. The number of ether oxygens (including phenoxy) is 1. The number of hydrogen-bond acceptors (Lipinski definition) is 5. The molecule has 0 aliphatic rings. The number of alkyl halides is 3. The van der Waals surface area contributed by atoms with Gasteiger partial charge in [0.1, 0.15) is 16.6 Å². The van der Waals surface area contributed by atoms with Gasteiger partial charge in [-0.15, -0.1) is 11.3 Å². The standard InChI is InChI=1S/C18H12F4N2O4S/c19-10-2-3-11(13(6-10)28-8-17(26)27)23-15(25)7-16-24-12-5-9(18(20,21)22)1-4-14(12)29-16/h1-6H,7-8H2,(H,23,25)(H,26,27). The van der Waals surface area contributed by atoms with Gasteiger partial charge < -0.3 is 15.2 Å². The summed E-state index contributed by atoms with van der Waals surface area (Å²) in [5, 5.41) is 11.4. The normalized spacial score (nSPS) is 11.4. The number of carboxylic acids is 1. The van der Waals surface area contributed by atoms with Crippen LogP contribution in [0.25, 0.3) is 10.2 Å². The zero-order chi connectivity index (χ0) is 21.2. The summed E-state index contributed by atoms with van der Waals surface area (Å²) in [4.78, 5) is 26.9. The number of anilines is 1. The molecular weight excluding hydrogens is 416 g/mol. The fraction of sp³-hybridized carbons (Fsp3) is 0.167. The molecule has 11 heteroatoms. The highest BCUT2D eigenvalue weighted by molar-refractivity contribution is 7.18. The van der Waals surface area contributed by atoms with Crippen molar-refractivity contribution in [3.05, 3.63) is 52.8 Å². The molecule has 3 aromatic rings. The van der Waals surface area contributed by atoms with Crippen molar-refractivity contribution < 1.29 is 37.0 Å². The lowest BCUT2D eigenvalue weighted by Gasteiger charge is -2.11. The van der Waals surface area contributed by atoms with Crippen molar-refractivity contribution in [2.75, 3.05) is 11.9 Å². The lowest BCUT2D eigenvalue weighted by atomic mass is 10.2. The largest absolute Gasteiger partial charge is 0.480 e. The molecule has 0 fully saturated rings. The molecule has 0 aliphatic carbocycles. The Bertz CT molecular complexity index is 1080. The molecule has 3 rings (SSSR count). The molecule has 0 aliphatic heterocycles. The van der Waals surface area contributed by atoms with Crippen LogP contribution in [0.15, 0.2) is 36.4 Å². The smallest absolute Gasteiger partial charge is 0.416 e. The highest BCUT2D eigenvalue weighted by Crippen LogP contribution is 2.33. The van der Waals surface area contributed by atoms with Gasteiger partial charge in [0, 0.05) is 6.07 Å². The number of nitrogens with one attached hydrogen (secondary N) is 1. The SMILES string of the molecule is O=C(O)COc1cc(F)ccc1NC(=O)Cc1nc2cc(C(F)(F)F)ccc2s1. The van der Waals surface area contributed by atoms with Gasteiger partial charge in [0.15, 0.2) is 6.61 Å². The molecule has 2 N–H and O–H groups in total. The molecule has 1 heterocycles. The number of amides is 1. The molecule has 0 unspecified atom stereocenters. The van der Waals surface area contributed by atoms with Gasteiger partial charge in [0.2, 0.25) is 5.91 Å². The average Bonchev–Trinajstić information content (AvgIpc) is 3.02. The fourth-order valence-electron chi connectivity index (χ4n) is 2.42. The van der Waals surface area contributed by atoms with Crippen LogP contribution >= 0.6 is 11.3 Å². The Hall–Kier alpha value is -3.21. The first-order valence-electron chi connectivity index (χ1n) is 8.02. The summed E-state index contributed by atoms with van der Waals surface area (Å²) in [5.41, 5.74) is -0.657. The Morgan fingerprint density at radius 2 is 1.93 bits per heavy atom. The minimum Gasteiger partial charge on any atom is -0.480 e. The summed E-state index contributed by atoms with van der Waals surface area (Å²) in [6.45, 7) is -0.730. The van der Waals surface area contributed by atoms with Crippen molar-refractivity contribution in [1.82, 2.24) is 4.98 Å². The van der Waals surface area contributed by atoms with Crippen LogP contribution in [0.2, 0.25) is 0 Å². The third kappa shape index (κ3) is 5.19. The first-order valence-corrected chi connectivity index (χ1v) is 8.84. The molecule has 6 nitrogen and oxygen atoms in total. The molecule has 1 amide bonds. The number of carbonyl (C=O) groups excluding carboxylic acids is 1.